The fraction of sp³-hybridized carbons (Fsp3) is 0.304. The maximum Gasteiger partial charge on any atom is 0.259 e. The van der Waals surface area contributed by atoms with E-state index in [1.807, 2.05) is 19.1 Å². The van der Waals surface area contributed by atoms with Crippen LogP contribution in [0.15, 0.2) is 42.5 Å². The third-order valence-electron chi connectivity index (χ3n) is 4.64. The molecule has 29 heavy (non-hydrogen) atoms. The molecule has 1 amide bonds. The second-order valence-corrected chi connectivity index (χ2v) is 7.14. The van der Waals surface area contributed by atoms with Crippen LogP contribution in [0.2, 0.25) is 0 Å². The Morgan fingerprint density at radius 3 is 2.76 bits per heavy atom. The minimum absolute atomic E-state index is 0.0781. The fourth-order valence-corrected chi connectivity index (χ4v) is 3.04. The number of nitrogens with zero attached hydrogens (tertiary/aromatic N) is 1. The van der Waals surface area contributed by atoms with Gasteiger partial charge in [0.05, 0.1) is 7.11 Å². The minimum atomic E-state index is -0.175. The van der Waals surface area contributed by atoms with Crippen molar-refractivity contribution in [3.63, 3.8) is 0 Å². The number of carbonyl (C=O) groups excluding carboxylic acids is 2. The van der Waals surface area contributed by atoms with E-state index in [4.69, 9.17) is 14.2 Å². The first-order valence-electron chi connectivity index (χ1n) is 9.40. The molecule has 152 valence electrons. The second kappa shape index (κ2) is 8.82. The van der Waals surface area contributed by atoms with Gasteiger partial charge in [-0.15, -0.1) is 0 Å². The number of rotatable bonds is 7. The van der Waals surface area contributed by atoms with Crippen molar-refractivity contribution in [2.75, 3.05) is 27.8 Å². The Kier molecular flexibility index (Phi) is 6.22. The molecule has 0 aromatic heterocycles. The van der Waals surface area contributed by atoms with Gasteiger partial charge in [0.1, 0.15) is 23.4 Å². The highest BCUT2D eigenvalue weighted by molar-refractivity contribution is 6.07. The molecule has 1 atom stereocenters. The van der Waals surface area contributed by atoms with E-state index >= 15 is 0 Å². The SMILES string of the molecule is COc1cc2c(cc1/C=C/C(=O)c1cccc(OCC(=O)N(C)C)c1)OC(C)C2. The molecule has 2 aromatic carbocycles. The summed E-state index contributed by atoms with van der Waals surface area (Å²) in [6, 6.07) is 10.6. The Morgan fingerprint density at radius 1 is 1.24 bits per heavy atom. The molecule has 6 heteroatoms. The molecule has 1 aliphatic rings. The van der Waals surface area contributed by atoms with E-state index in [9.17, 15) is 9.59 Å². The molecule has 0 bridgehead atoms. The summed E-state index contributed by atoms with van der Waals surface area (Å²) in [7, 11) is 4.93. The van der Waals surface area contributed by atoms with E-state index in [0.29, 0.717) is 17.1 Å². The van der Waals surface area contributed by atoms with Crippen LogP contribution in [0.1, 0.15) is 28.4 Å². The third-order valence-corrected chi connectivity index (χ3v) is 4.64. The number of hydrogen-bond acceptors (Lipinski definition) is 5. The number of methoxy groups -OCH3 is 1. The Hall–Kier alpha value is -3.28. The van der Waals surface area contributed by atoms with E-state index < -0.39 is 0 Å². The predicted octanol–water partition coefficient (Wildman–Crippen LogP) is 3.38. The van der Waals surface area contributed by atoms with Gasteiger partial charge in [0.25, 0.3) is 5.91 Å². The molecule has 0 fully saturated rings. The van der Waals surface area contributed by atoms with Crippen LogP contribution < -0.4 is 14.2 Å². The van der Waals surface area contributed by atoms with E-state index in [-0.39, 0.29) is 24.4 Å². The number of amides is 1. The normalized spacial score (nSPS) is 15.0. The number of fused-ring (bicyclic) bond motifs is 1. The molecule has 0 spiro atoms. The molecular weight excluding hydrogens is 370 g/mol. The molecule has 1 aliphatic heterocycles. The topological polar surface area (TPSA) is 65.1 Å². The second-order valence-electron chi connectivity index (χ2n) is 7.14. The van der Waals surface area contributed by atoms with Crippen molar-refractivity contribution in [2.24, 2.45) is 0 Å². The van der Waals surface area contributed by atoms with Gasteiger partial charge in [-0.05, 0) is 43.3 Å². The average molecular weight is 395 g/mol. The van der Waals surface area contributed by atoms with Crippen LogP contribution in [0.4, 0.5) is 0 Å². The highest BCUT2D eigenvalue weighted by Crippen LogP contribution is 2.35. The zero-order chi connectivity index (χ0) is 21.0. The van der Waals surface area contributed by atoms with Crippen LogP contribution in [-0.4, -0.2) is 50.5 Å². The smallest absolute Gasteiger partial charge is 0.259 e. The maximum atomic E-state index is 12.6. The van der Waals surface area contributed by atoms with Gasteiger partial charge in [-0.2, -0.15) is 0 Å². The van der Waals surface area contributed by atoms with Gasteiger partial charge in [0.2, 0.25) is 0 Å². The van der Waals surface area contributed by atoms with Crippen molar-refractivity contribution in [2.45, 2.75) is 19.4 Å². The summed E-state index contributed by atoms with van der Waals surface area (Å²) in [6.45, 7) is 1.94. The molecule has 0 saturated carbocycles. The lowest BCUT2D eigenvalue weighted by Crippen LogP contribution is -2.27. The zero-order valence-corrected chi connectivity index (χ0v) is 17.1. The lowest BCUT2D eigenvalue weighted by atomic mass is 10.0. The molecule has 0 saturated heterocycles. The highest BCUT2D eigenvalue weighted by Gasteiger charge is 2.21. The Balaban J connectivity index is 1.74. The van der Waals surface area contributed by atoms with Crippen LogP contribution in [0.25, 0.3) is 6.08 Å². The van der Waals surface area contributed by atoms with Crippen molar-refractivity contribution in [3.05, 3.63) is 59.2 Å². The highest BCUT2D eigenvalue weighted by atomic mass is 16.5. The lowest BCUT2D eigenvalue weighted by molar-refractivity contribution is -0.130. The largest absolute Gasteiger partial charge is 0.496 e. The summed E-state index contributed by atoms with van der Waals surface area (Å²) in [5.74, 6) is 1.67. The maximum absolute atomic E-state index is 12.6. The Morgan fingerprint density at radius 2 is 2.03 bits per heavy atom. The summed E-state index contributed by atoms with van der Waals surface area (Å²) in [5.41, 5.74) is 2.36. The predicted molar refractivity (Wildman–Crippen MR) is 111 cm³/mol. The molecule has 3 rings (SSSR count). The van der Waals surface area contributed by atoms with Gasteiger partial charge in [0, 0.05) is 37.2 Å². The Bertz CT molecular complexity index is 948. The first kappa shape index (κ1) is 20.5. The lowest BCUT2D eigenvalue weighted by Gasteiger charge is -2.11. The van der Waals surface area contributed by atoms with Gasteiger partial charge in [-0.3, -0.25) is 9.59 Å². The average Bonchev–Trinajstić information content (AvgIpc) is 3.08. The number of benzene rings is 2. The van der Waals surface area contributed by atoms with E-state index in [0.717, 1.165) is 23.3 Å². The number of ether oxygens (including phenoxy) is 3. The molecule has 2 aromatic rings. The van der Waals surface area contributed by atoms with E-state index in [2.05, 4.69) is 0 Å². The third kappa shape index (κ3) is 4.96. The van der Waals surface area contributed by atoms with Crippen molar-refractivity contribution in [3.8, 4) is 17.2 Å². The quantitative estimate of drug-likeness (QED) is 0.531. The number of ketones is 1. The van der Waals surface area contributed by atoms with Crippen LogP contribution in [-0.2, 0) is 11.2 Å². The number of allylic oxidation sites excluding steroid dienone is 1. The molecular formula is C23H25NO5. The van der Waals surface area contributed by atoms with Crippen molar-refractivity contribution in [1.82, 2.24) is 4.90 Å². The standard InChI is InChI=1S/C23H25NO5/c1-15-10-18-13-21(27-4)17(12-22(18)29-15)8-9-20(25)16-6-5-7-19(11-16)28-14-23(26)24(2)3/h5-9,11-13,15H,10,14H2,1-4H3/b9-8+. The number of hydrogen-bond donors (Lipinski definition) is 0. The number of carbonyl (C=O) groups is 2. The number of likely N-dealkylation sites (N-methyl/N-ethyl adjacent to an activating group) is 1. The van der Waals surface area contributed by atoms with Gasteiger partial charge >= 0.3 is 0 Å². The first-order valence-corrected chi connectivity index (χ1v) is 9.40. The van der Waals surface area contributed by atoms with E-state index in [1.165, 1.54) is 11.0 Å². The van der Waals surface area contributed by atoms with Crippen LogP contribution in [0, 0.1) is 0 Å². The van der Waals surface area contributed by atoms with Gasteiger partial charge < -0.3 is 19.1 Å². The van der Waals surface area contributed by atoms with Gasteiger partial charge in [-0.25, -0.2) is 0 Å². The van der Waals surface area contributed by atoms with Crippen molar-refractivity contribution < 1.29 is 23.8 Å². The summed E-state index contributed by atoms with van der Waals surface area (Å²) in [4.78, 5) is 25.7. The molecule has 1 heterocycles. The van der Waals surface area contributed by atoms with E-state index in [1.54, 1.807) is 51.5 Å². The summed E-state index contributed by atoms with van der Waals surface area (Å²) >= 11 is 0. The van der Waals surface area contributed by atoms with Crippen LogP contribution in [0.3, 0.4) is 0 Å². The fourth-order valence-electron chi connectivity index (χ4n) is 3.04. The summed E-state index contributed by atoms with van der Waals surface area (Å²) < 4.78 is 16.7. The zero-order valence-electron chi connectivity index (χ0n) is 17.1. The van der Waals surface area contributed by atoms with Gasteiger partial charge in [-0.1, -0.05) is 12.1 Å². The Labute approximate surface area is 170 Å². The minimum Gasteiger partial charge on any atom is -0.496 e. The van der Waals surface area contributed by atoms with Crippen molar-refractivity contribution >= 4 is 17.8 Å². The monoisotopic (exact) mass is 395 g/mol. The summed E-state index contributed by atoms with van der Waals surface area (Å²) in [6.07, 6.45) is 4.19. The van der Waals surface area contributed by atoms with Crippen LogP contribution >= 0.6 is 0 Å². The molecule has 0 N–H and O–H groups in total. The molecule has 0 radical (unpaired) electrons. The summed E-state index contributed by atoms with van der Waals surface area (Å²) in [5, 5.41) is 0. The first-order chi connectivity index (χ1) is 13.9. The molecule has 0 aliphatic carbocycles. The van der Waals surface area contributed by atoms with Crippen LogP contribution in [0.5, 0.6) is 17.2 Å². The van der Waals surface area contributed by atoms with Crippen molar-refractivity contribution in [1.29, 1.82) is 0 Å². The molecule has 1 unspecified atom stereocenters. The molecule has 6 nitrogen and oxygen atoms in total. The van der Waals surface area contributed by atoms with Gasteiger partial charge in [0.15, 0.2) is 12.4 Å².